The van der Waals surface area contributed by atoms with Crippen molar-refractivity contribution < 1.29 is 9.53 Å². The molecule has 0 bridgehead atoms. The molecule has 2 atom stereocenters. The molecular formula is C14H22N2O2. The smallest absolute Gasteiger partial charge is 0.241 e. The highest BCUT2D eigenvalue weighted by Gasteiger charge is 2.11. The highest BCUT2D eigenvalue weighted by atomic mass is 16.5. The highest BCUT2D eigenvalue weighted by molar-refractivity contribution is 5.94. The molecule has 4 heteroatoms. The van der Waals surface area contributed by atoms with Crippen LogP contribution in [0.2, 0.25) is 0 Å². The van der Waals surface area contributed by atoms with Crippen LogP contribution in [0.3, 0.4) is 0 Å². The number of hydrogen-bond donors (Lipinski definition) is 2. The van der Waals surface area contributed by atoms with Gasteiger partial charge in [0, 0.05) is 11.8 Å². The number of hydrogen-bond acceptors (Lipinski definition) is 3. The van der Waals surface area contributed by atoms with Crippen LogP contribution in [0.1, 0.15) is 33.6 Å². The summed E-state index contributed by atoms with van der Waals surface area (Å²) in [4.78, 5) is 11.7. The predicted molar refractivity (Wildman–Crippen MR) is 73.7 cm³/mol. The third kappa shape index (κ3) is 4.37. The van der Waals surface area contributed by atoms with Crippen LogP contribution in [0.15, 0.2) is 24.3 Å². The van der Waals surface area contributed by atoms with Crippen LogP contribution >= 0.6 is 0 Å². The molecule has 0 radical (unpaired) electrons. The van der Waals surface area contributed by atoms with Crippen LogP contribution in [0.25, 0.3) is 0 Å². The number of benzene rings is 1. The number of ether oxygens (including phenoxy) is 1. The minimum Gasteiger partial charge on any atom is -0.491 e. The van der Waals surface area contributed by atoms with Gasteiger partial charge in [-0.1, -0.05) is 19.9 Å². The van der Waals surface area contributed by atoms with Gasteiger partial charge in [-0.25, -0.2) is 0 Å². The summed E-state index contributed by atoms with van der Waals surface area (Å²) in [7, 11) is 0. The van der Waals surface area contributed by atoms with Crippen molar-refractivity contribution in [2.45, 2.75) is 45.8 Å². The summed E-state index contributed by atoms with van der Waals surface area (Å²) in [6.45, 7) is 5.96. The van der Waals surface area contributed by atoms with Gasteiger partial charge in [0.25, 0.3) is 0 Å². The zero-order valence-electron chi connectivity index (χ0n) is 11.3. The Hall–Kier alpha value is -1.55. The highest BCUT2D eigenvalue weighted by Crippen LogP contribution is 2.19. The summed E-state index contributed by atoms with van der Waals surface area (Å²) in [5.74, 6) is 0.588. The average molecular weight is 250 g/mol. The first-order valence-corrected chi connectivity index (χ1v) is 6.40. The maximum absolute atomic E-state index is 11.7. The van der Waals surface area contributed by atoms with Gasteiger partial charge in [0.15, 0.2) is 0 Å². The third-order valence-corrected chi connectivity index (χ3v) is 2.79. The molecule has 0 heterocycles. The molecule has 4 nitrogen and oxygen atoms in total. The molecule has 0 saturated heterocycles. The monoisotopic (exact) mass is 250 g/mol. The van der Waals surface area contributed by atoms with Gasteiger partial charge < -0.3 is 15.8 Å². The summed E-state index contributed by atoms with van der Waals surface area (Å²) < 4.78 is 5.69. The zero-order chi connectivity index (χ0) is 13.5. The van der Waals surface area contributed by atoms with Crippen LogP contribution in [-0.4, -0.2) is 18.1 Å². The summed E-state index contributed by atoms with van der Waals surface area (Å²) >= 11 is 0. The van der Waals surface area contributed by atoms with E-state index in [1.807, 2.05) is 38.1 Å². The maximum atomic E-state index is 11.7. The van der Waals surface area contributed by atoms with Crippen molar-refractivity contribution in [1.29, 1.82) is 0 Å². The fourth-order valence-corrected chi connectivity index (χ4v) is 1.38. The van der Waals surface area contributed by atoms with E-state index in [1.165, 1.54) is 0 Å². The molecule has 0 fully saturated rings. The molecule has 3 N–H and O–H groups in total. The standard InChI is InChI=1S/C14H22N2O2/c1-4-10(3)18-12-8-6-7-11(9-12)16-14(17)13(15)5-2/h6-10,13H,4-5,15H2,1-3H3,(H,16,17)/t10?,13-/m0/s1. The minimum atomic E-state index is -0.468. The molecule has 0 spiro atoms. The van der Waals surface area contributed by atoms with E-state index in [-0.39, 0.29) is 12.0 Å². The van der Waals surface area contributed by atoms with E-state index in [0.29, 0.717) is 12.1 Å². The number of rotatable bonds is 6. The van der Waals surface area contributed by atoms with E-state index in [1.54, 1.807) is 0 Å². The largest absolute Gasteiger partial charge is 0.491 e. The van der Waals surface area contributed by atoms with Gasteiger partial charge >= 0.3 is 0 Å². The van der Waals surface area contributed by atoms with E-state index in [9.17, 15) is 4.79 Å². The Bertz CT molecular complexity index is 393. The van der Waals surface area contributed by atoms with Gasteiger partial charge in [0.2, 0.25) is 5.91 Å². The molecule has 0 aromatic heterocycles. The van der Waals surface area contributed by atoms with E-state index < -0.39 is 6.04 Å². The molecule has 1 unspecified atom stereocenters. The number of carbonyl (C=O) groups excluding carboxylic acids is 1. The summed E-state index contributed by atoms with van der Waals surface area (Å²) in [5.41, 5.74) is 6.37. The minimum absolute atomic E-state index is 0.161. The fourth-order valence-electron chi connectivity index (χ4n) is 1.38. The van der Waals surface area contributed by atoms with Crippen LogP contribution in [0, 0.1) is 0 Å². The Morgan fingerprint density at radius 1 is 1.39 bits per heavy atom. The van der Waals surface area contributed by atoms with E-state index in [2.05, 4.69) is 12.2 Å². The Labute approximate surface area is 109 Å². The Kier molecular flexibility index (Phi) is 5.65. The quantitative estimate of drug-likeness (QED) is 0.815. The van der Waals surface area contributed by atoms with Crippen molar-refractivity contribution in [3.63, 3.8) is 0 Å². The van der Waals surface area contributed by atoms with Gasteiger partial charge in [-0.05, 0) is 31.9 Å². The summed E-state index contributed by atoms with van der Waals surface area (Å²) in [5, 5.41) is 2.78. The Morgan fingerprint density at radius 3 is 2.72 bits per heavy atom. The molecule has 1 aromatic carbocycles. The van der Waals surface area contributed by atoms with E-state index in [4.69, 9.17) is 10.5 Å². The number of nitrogens with two attached hydrogens (primary N) is 1. The van der Waals surface area contributed by atoms with Gasteiger partial charge in [0.1, 0.15) is 5.75 Å². The van der Waals surface area contributed by atoms with Gasteiger partial charge in [0.05, 0.1) is 12.1 Å². The second-order valence-electron chi connectivity index (χ2n) is 4.37. The molecule has 1 aromatic rings. The molecule has 100 valence electrons. The van der Waals surface area contributed by atoms with Gasteiger partial charge in [-0.15, -0.1) is 0 Å². The Balaban J connectivity index is 2.67. The molecule has 0 aliphatic heterocycles. The predicted octanol–water partition coefficient (Wildman–Crippen LogP) is 2.54. The molecular weight excluding hydrogens is 228 g/mol. The van der Waals surface area contributed by atoms with Crippen LogP contribution in [-0.2, 0) is 4.79 Å². The van der Waals surface area contributed by atoms with Crippen molar-refractivity contribution in [1.82, 2.24) is 0 Å². The van der Waals surface area contributed by atoms with E-state index in [0.717, 1.165) is 12.2 Å². The zero-order valence-corrected chi connectivity index (χ0v) is 11.3. The molecule has 0 aliphatic carbocycles. The van der Waals surface area contributed by atoms with Crippen LogP contribution in [0.4, 0.5) is 5.69 Å². The number of anilines is 1. The lowest BCUT2D eigenvalue weighted by Gasteiger charge is -2.14. The number of carbonyl (C=O) groups is 1. The van der Waals surface area contributed by atoms with E-state index >= 15 is 0 Å². The first-order chi connectivity index (χ1) is 8.56. The molecule has 1 amide bonds. The lowest BCUT2D eigenvalue weighted by Crippen LogP contribution is -2.34. The maximum Gasteiger partial charge on any atom is 0.241 e. The topological polar surface area (TPSA) is 64.3 Å². The fraction of sp³-hybridized carbons (Fsp3) is 0.500. The lowest BCUT2D eigenvalue weighted by atomic mass is 10.2. The van der Waals surface area contributed by atoms with Crippen molar-refractivity contribution in [3.05, 3.63) is 24.3 Å². The van der Waals surface area contributed by atoms with Crippen molar-refractivity contribution in [2.24, 2.45) is 5.73 Å². The third-order valence-electron chi connectivity index (χ3n) is 2.79. The second-order valence-corrected chi connectivity index (χ2v) is 4.37. The van der Waals surface area contributed by atoms with Crippen molar-refractivity contribution >= 4 is 11.6 Å². The van der Waals surface area contributed by atoms with Crippen LogP contribution in [0.5, 0.6) is 5.75 Å². The van der Waals surface area contributed by atoms with Crippen molar-refractivity contribution in [3.8, 4) is 5.75 Å². The second kappa shape index (κ2) is 7.01. The lowest BCUT2D eigenvalue weighted by molar-refractivity contribution is -0.117. The number of nitrogens with one attached hydrogen (secondary N) is 1. The van der Waals surface area contributed by atoms with Gasteiger partial charge in [-0.3, -0.25) is 4.79 Å². The summed E-state index contributed by atoms with van der Waals surface area (Å²) in [6, 6.07) is 6.90. The average Bonchev–Trinajstić information content (AvgIpc) is 2.37. The SMILES string of the molecule is CCC(C)Oc1cccc(NC(=O)[C@@H](N)CC)c1. The van der Waals surface area contributed by atoms with Crippen molar-refractivity contribution in [2.75, 3.05) is 5.32 Å². The first-order valence-electron chi connectivity index (χ1n) is 6.40. The molecule has 0 aliphatic rings. The normalized spacial score (nSPS) is 13.8. The Morgan fingerprint density at radius 2 is 2.11 bits per heavy atom. The molecule has 1 rings (SSSR count). The van der Waals surface area contributed by atoms with Gasteiger partial charge in [-0.2, -0.15) is 0 Å². The number of amides is 1. The summed E-state index contributed by atoms with van der Waals surface area (Å²) in [6.07, 6.45) is 1.72. The van der Waals surface area contributed by atoms with Crippen LogP contribution < -0.4 is 15.8 Å². The molecule has 18 heavy (non-hydrogen) atoms. The first kappa shape index (κ1) is 14.5. The molecule has 0 saturated carbocycles.